The number of thioether (sulfide) groups is 1. The lowest BCUT2D eigenvalue weighted by molar-refractivity contribution is 0.0989. The molecule has 1 atom stereocenters. The Morgan fingerprint density at radius 3 is 2.22 bits per heavy atom. The van der Waals surface area contributed by atoms with Crippen molar-refractivity contribution < 1.29 is 9.21 Å². The van der Waals surface area contributed by atoms with Gasteiger partial charge in [-0.15, -0.1) is 10.2 Å². The van der Waals surface area contributed by atoms with E-state index in [0.717, 1.165) is 11.1 Å². The number of ketones is 1. The number of benzene rings is 2. The summed E-state index contributed by atoms with van der Waals surface area (Å²) in [6.45, 7) is 0. The van der Waals surface area contributed by atoms with E-state index in [9.17, 15) is 4.79 Å². The molecule has 4 aromatic rings. The van der Waals surface area contributed by atoms with Gasteiger partial charge in [0.2, 0.25) is 5.89 Å². The summed E-state index contributed by atoms with van der Waals surface area (Å²) < 4.78 is 5.77. The van der Waals surface area contributed by atoms with Crippen LogP contribution in [-0.4, -0.2) is 21.0 Å². The van der Waals surface area contributed by atoms with Crippen molar-refractivity contribution in [3.05, 3.63) is 96.3 Å². The Labute approximate surface area is 160 Å². The molecule has 0 bridgehead atoms. The summed E-state index contributed by atoms with van der Waals surface area (Å²) >= 11 is 1.25. The van der Waals surface area contributed by atoms with Crippen molar-refractivity contribution in [3.63, 3.8) is 0 Å². The second-order valence-corrected chi connectivity index (χ2v) is 6.80. The Kier molecular flexibility index (Phi) is 5.07. The summed E-state index contributed by atoms with van der Waals surface area (Å²) in [6, 6.07) is 22.4. The van der Waals surface area contributed by atoms with E-state index in [2.05, 4.69) is 15.2 Å². The molecule has 0 saturated carbocycles. The molecule has 4 rings (SSSR count). The molecule has 5 nitrogen and oxygen atoms in total. The van der Waals surface area contributed by atoms with Crippen LogP contribution in [0.1, 0.15) is 21.2 Å². The molecule has 0 saturated heterocycles. The monoisotopic (exact) mass is 373 g/mol. The number of aromatic nitrogens is 3. The fourth-order valence-corrected chi connectivity index (χ4v) is 3.58. The van der Waals surface area contributed by atoms with Crippen LogP contribution in [0.25, 0.3) is 11.5 Å². The quantitative estimate of drug-likeness (QED) is 0.355. The predicted molar refractivity (Wildman–Crippen MR) is 103 cm³/mol. The Balaban J connectivity index is 1.64. The first kappa shape index (κ1) is 17.2. The number of nitrogens with zero attached hydrogens (tertiary/aromatic N) is 3. The van der Waals surface area contributed by atoms with Crippen molar-refractivity contribution in [2.24, 2.45) is 0 Å². The minimum absolute atomic E-state index is 0.00420. The van der Waals surface area contributed by atoms with Crippen LogP contribution < -0.4 is 0 Å². The Morgan fingerprint density at radius 1 is 0.852 bits per heavy atom. The van der Waals surface area contributed by atoms with Gasteiger partial charge in [-0.3, -0.25) is 9.78 Å². The molecule has 0 fully saturated rings. The zero-order valence-electron chi connectivity index (χ0n) is 14.2. The van der Waals surface area contributed by atoms with E-state index < -0.39 is 5.25 Å². The van der Waals surface area contributed by atoms with E-state index in [1.807, 2.05) is 60.7 Å². The average Bonchev–Trinajstić information content (AvgIpc) is 3.22. The van der Waals surface area contributed by atoms with Crippen LogP contribution in [0.3, 0.4) is 0 Å². The van der Waals surface area contributed by atoms with Gasteiger partial charge in [0.25, 0.3) is 5.22 Å². The van der Waals surface area contributed by atoms with Crippen LogP contribution in [0, 0.1) is 0 Å². The number of carbonyl (C=O) groups excluding carboxylic acids is 1. The molecule has 6 heteroatoms. The van der Waals surface area contributed by atoms with Gasteiger partial charge in [-0.2, -0.15) is 0 Å². The van der Waals surface area contributed by atoms with E-state index in [1.54, 1.807) is 24.5 Å². The standard InChI is InChI=1S/C21H15N3O2S/c25-18(15-7-3-1-4-8-15)19(16-9-5-2-6-10-16)27-21-24-23-20(26-21)17-11-13-22-14-12-17/h1-14,19H. The van der Waals surface area contributed by atoms with E-state index in [-0.39, 0.29) is 5.78 Å². The maximum Gasteiger partial charge on any atom is 0.277 e. The van der Waals surface area contributed by atoms with Gasteiger partial charge < -0.3 is 4.42 Å². The van der Waals surface area contributed by atoms with Crippen molar-refractivity contribution in [3.8, 4) is 11.5 Å². The van der Waals surface area contributed by atoms with E-state index in [0.29, 0.717) is 16.7 Å². The number of hydrogen-bond acceptors (Lipinski definition) is 6. The summed E-state index contributed by atoms with van der Waals surface area (Å²) in [7, 11) is 0. The van der Waals surface area contributed by atoms with Gasteiger partial charge in [-0.05, 0) is 29.5 Å². The Bertz CT molecular complexity index is 1020. The predicted octanol–water partition coefficient (Wildman–Crippen LogP) is 4.85. The molecule has 0 aliphatic rings. The van der Waals surface area contributed by atoms with Crippen LogP contribution in [0.2, 0.25) is 0 Å². The first-order valence-electron chi connectivity index (χ1n) is 8.36. The van der Waals surface area contributed by atoms with Crippen molar-refractivity contribution in [2.75, 3.05) is 0 Å². The smallest absolute Gasteiger partial charge is 0.277 e. The summed E-state index contributed by atoms with van der Waals surface area (Å²) in [4.78, 5) is 17.1. The van der Waals surface area contributed by atoms with Crippen molar-refractivity contribution in [1.29, 1.82) is 0 Å². The molecule has 0 spiro atoms. The maximum absolute atomic E-state index is 13.1. The van der Waals surface area contributed by atoms with Crippen LogP contribution >= 0.6 is 11.8 Å². The molecule has 0 radical (unpaired) electrons. The van der Waals surface area contributed by atoms with E-state index in [4.69, 9.17) is 4.42 Å². The number of pyridine rings is 1. The summed E-state index contributed by atoms with van der Waals surface area (Å²) in [5.41, 5.74) is 2.32. The van der Waals surface area contributed by atoms with Crippen LogP contribution in [0.5, 0.6) is 0 Å². The summed E-state index contributed by atoms with van der Waals surface area (Å²) in [5, 5.41) is 8.07. The fourth-order valence-electron chi connectivity index (χ4n) is 2.62. The molecule has 132 valence electrons. The summed E-state index contributed by atoms with van der Waals surface area (Å²) in [5.74, 6) is 0.398. The molecule has 2 aromatic heterocycles. The Hall–Kier alpha value is -3.25. The topological polar surface area (TPSA) is 68.9 Å². The van der Waals surface area contributed by atoms with Gasteiger partial charge in [0.15, 0.2) is 5.78 Å². The summed E-state index contributed by atoms with van der Waals surface area (Å²) in [6.07, 6.45) is 3.33. The lowest BCUT2D eigenvalue weighted by Crippen LogP contribution is -2.10. The first-order chi connectivity index (χ1) is 13.3. The van der Waals surface area contributed by atoms with Gasteiger partial charge in [-0.1, -0.05) is 60.7 Å². The van der Waals surface area contributed by atoms with E-state index >= 15 is 0 Å². The zero-order valence-corrected chi connectivity index (χ0v) is 15.0. The number of rotatable bonds is 6. The zero-order chi connectivity index (χ0) is 18.5. The van der Waals surface area contributed by atoms with Crippen LogP contribution in [0.15, 0.2) is 94.8 Å². The van der Waals surface area contributed by atoms with Crippen molar-refractivity contribution >= 4 is 17.5 Å². The molecule has 0 aliphatic heterocycles. The average molecular weight is 373 g/mol. The second-order valence-electron chi connectivity index (χ2n) is 5.75. The highest BCUT2D eigenvalue weighted by atomic mass is 32.2. The molecule has 0 N–H and O–H groups in total. The first-order valence-corrected chi connectivity index (χ1v) is 9.24. The highest BCUT2D eigenvalue weighted by molar-refractivity contribution is 8.00. The second kappa shape index (κ2) is 7.97. The minimum atomic E-state index is -0.473. The van der Waals surface area contributed by atoms with Crippen molar-refractivity contribution in [2.45, 2.75) is 10.5 Å². The molecule has 1 unspecified atom stereocenters. The molecule has 0 aliphatic carbocycles. The largest absolute Gasteiger partial charge is 0.411 e. The third kappa shape index (κ3) is 3.96. The van der Waals surface area contributed by atoms with Gasteiger partial charge in [0.1, 0.15) is 5.25 Å². The Morgan fingerprint density at radius 2 is 1.52 bits per heavy atom. The van der Waals surface area contributed by atoms with E-state index in [1.165, 1.54) is 11.8 Å². The third-order valence-electron chi connectivity index (χ3n) is 3.95. The highest BCUT2D eigenvalue weighted by Gasteiger charge is 2.26. The van der Waals surface area contributed by atoms with Gasteiger partial charge in [-0.25, -0.2) is 0 Å². The number of Topliss-reactive ketones (excluding diaryl/α,β-unsaturated/α-hetero) is 1. The molecular weight excluding hydrogens is 358 g/mol. The lowest BCUT2D eigenvalue weighted by atomic mass is 10.0. The maximum atomic E-state index is 13.1. The molecule has 2 aromatic carbocycles. The molecule has 2 heterocycles. The fraction of sp³-hybridized carbons (Fsp3) is 0.0476. The van der Waals surface area contributed by atoms with Gasteiger partial charge in [0, 0.05) is 23.5 Å². The van der Waals surface area contributed by atoms with Crippen LogP contribution in [-0.2, 0) is 0 Å². The lowest BCUT2D eigenvalue weighted by Gasteiger charge is -2.14. The van der Waals surface area contributed by atoms with Crippen LogP contribution in [0.4, 0.5) is 0 Å². The molecule has 27 heavy (non-hydrogen) atoms. The van der Waals surface area contributed by atoms with Gasteiger partial charge >= 0.3 is 0 Å². The number of hydrogen-bond donors (Lipinski definition) is 0. The third-order valence-corrected chi connectivity index (χ3v) is 5.04. The normalized spacial score (nSPS) is 11.9. The molecular formula is C21H15N3O2S. The number of carbonyl (C=O) groups is 1. The highest BCUT2D eigenvalue weighted by Crippen LogP contribution is 2.37. The SMILES string of the molecule is O=C(c1ccccc1)C(Sc1nnc(-c2ccncc2)o1)c1ccccc1. The van der Waals surface area contributed by atoms with Crippen molar-refractivity contribution in [1.82, 2.24) is 15.2 Å². The minimum Gasteiger partial charge on any atom is -0.411 e. The molecule has 0 amide bonds. The van der Waals surface area contributed by atoms with Gasteiger partial charge in [0.05, 0.1) is 0 Å².